The Morgan fingerprint density at radius 2 is 2.18 bits per heavy atom. The van der Waals surface area contributed by atoms with Crippen LogP contribution in [0, 0.1) is 5.92 Å². The van der Waals surface area contributed by atoms with E-state index in [0.29, 0.717) is 6.42 Å². The van der Waals surface area contributed by atoms with Crippen LogP contribution >= 0.6 is 0 Å². The first kappa shape index (κ1) is 14.4. The third-order valence-corrected chi connectivity index (χ3v) is 4.99. The van der Waals surface area contributed by atoms with E-state index < -0.39 is 15.8 Å². The van der Waals surface area contributed by atoms with Gasteiger partial charge < -0.3 is 10.0 Å². The molecule has 1 saturated heterocycles. The summed E-state index contributed by atoms with van der Waals surface area (Å²) in [7, 11) is -2.86. The zero-order valence-corrected chi connectivity index (χ0v) is 11.1. The zero-order valence-electron chi connectivity index (χ0n) is 10.3. The lowest BCUT2D eigenvalue weighted by atomic mass is 10.1. The van der Waals surface area contributed by atoms with Gasteiger partial charge in [0.25, 0.3) is 0 Å². The van der Waals surface area contributed by atoms with Gasteiger partial charge in [-0.2, -0.15) is 0 Å². The van der Waals surface area contributed by atoms with Crippen LogP contribution in [0.15, 0.2) is 0 Å². The summed E-state index contributed by atoms with van der Waals surface area (Å²) in [4.78, 5) is 12.7. The minimum atomic E-state index is -2.86. The molecule has 100 valence electrons. The van der Waals surface area contributed by atoms with Gasteiger partial charge in [0, 0.05) is 18.7 Å². The van der Waals surface area contributed by atoms with Crippen molar-refractivity contribution in [2.75, 3.05) is 31.1 Å². The van der Waals surface area contributed by atoms with Crippen molar-refractivity contribution in [3.05, 3.63) is 0 Å². The molecular weight excluding hydrogens is 242 g/mol. The molecule has 0 aliphatic carbocycles. The third-order valence-electron chi connectivity index (χ3n) is 3.20. The number of rotatable bonds is 7. The quantitative estimate of drug-likeness (QED) is 0.728. The van der Waals surface area contributed by atoms with E-state index in [2.05, 4.69) is 4.90 Å². The number of sulfone groups is 1. The highest BCUT2D eigenvalue weighted by Crippen LogP contribution is 2.19. The van der Waals surface area contributed by atoms with E-state index in [4.69, 9.17) is 5.11 Å². The fourth-order valence-electron chi connectivity index (χ4n) is 2.18. The topological polar surface area (TPSA) is 74.7 Å². The van der Waals surface area contributed by atoms with E-state index in [1.165, 1.54) is 0 Å². The van der Waals surface area contributed by atoms with E-state index in [-0.39, 0.29) is 23.8 Å². The van der Waals surface area contributed by atoms with Crippen LogP contribution < -0.4 is 0 Å². The molecule has 1 unspecified atom stereocenters. The lowest BCUT2D eigenvalue weighted by Crippen LogP contribution is -2.24. The van der Waals surface area contributed by atoms with Crippen LogP contribution in [0.25, 0.3) is 0 Å². The summed E-state index contributed by atoms with van der Waals surface area (Å²) < 4.78 is 22.6. The first-order chi connectivity index (χ1) is 7.93. The number of carboxylic acid groups (broad SMARTS) is 1. The summed E-state index contributed by atoms with van der Waals surface area (Å²) in [5.41, 5.74) is 0. The maximum atomic E-state index is 11.3. The van der Waals surface area contributed by atoms with Gasteiger partial charge in [-0.3, -0.25) is 4.79 Å². The predicted molar refractivity (Wildman–Crippen MR) is 65.7 cm³/mol. The molecule has 1 fully saturated rings. The molecule has 0 radical (unpaired) electrons. The molecule has 1 aliphatic rings. The highest BCUT2D eigenvalue weighted by molar-refractivity contribution is 7.91. The van der Waals surface area contributed by atoms with Crippen LogP contribution in [0.5, 0.6) is 0 Å². The molecule has 1 aliphatic heterocycles. The summed E-state index contributed by atoms with van der Waals surface area (Å²) in [6, 6.07) is 0. The second-order valence-electron chi connectivity index (χ2n) is 4.64. The van der Waals surface area contributed by atoms with Crippen LogP contribution in [-0.2, 0) is 14.6 Å². The number of hydrogen-bond donors (Lipinski definition) is 1. The Hall–Kier alpha value is -0.620. The fraction of sp³-hybridized carbons (Fsp3) is 0.909. The van der Waals surface area contributed by atoms with Gasteiger partial charge in [-0.1, -0.05) is 6.92 Å². The number of aliphatic carboxylic acids is 1. The van der Waals surface area contributed by atoms with Gasteiger partial charge in [0.2, 0.25) is 0 Å². The van der Waals surface area contributed by atoms with E-state index >= 15 is 0 Å². The smallest absolute Gasteiger partial charge is 0.303 e. The number of nitrogens with zero attached hydrogens (tertiary/aromatic N) is 1. The monoisotopic (exact) mass is 263 g/mol. The highest BCUT2D eigenvalue weighted by Gasteiger charge is 2.24. The normalized spacial score (nSPS) is 21.8. The lowest BCUT2D eigenvalue weighted by Gasteiger charge is -2.15. The van der Waals surface area contributed by atoms with Gasteiger partial charge in [0.15, 0.2) is 0 Å². The van der Waals surface area contributed by atoms with Crippen molar-refractivity contribution in [2.24, 2.45) is 5.92 Å². The molecule has 0 aromatic carbocycles. The molecule has 6 heteroatoms. The van der Waals surface area contributed by atoms with Crippen molar-refractivity contribution < 1.29 is 18.3 Å². The number of carbonyl (C=O) groups is 1. The van der Waals surface area contributed by atoms with Crippen molar-refractivity contribution >= 4 is 15.8 Å². The molecule has 1 atom stereocenters. The average Bonchev–Trinajstić information content (AvgIpc) is 2.64. The Balaban J connectivity index is 2.20. The minimum absolute atomic E-state index is 0.203. The summed E-state index contributed by atoms with van der Waals surface area (Å²) >= 11 is 0. The Bertz CT molecular complexity index is 352. The largest absolute Gasteiger partial charge is 0.481 e. The molecule has 5 nitrogen and oxygen atoms in total. The van der Waals surface area contributed by atoms with Crippen molar-refractivity contribution in [1.29, 1.82) is 0 Å². The minimum Gasteiger partial charge on any atom is -0.481 e. The standard InChI is InChI=1S/C11H21NO4S/c1-2-17(15,16)7-3-5-12-6-4-10(9-12)8-11(13)14/h10H,2-9H2,1H3,(H,13,14). The first-order valence-corrected chi connectivity index (χ1v) is 7.89. The van der Waals surface area contributed by atoms with Crippen LogP contribution in [-0.4, -0.2) is 55.5 Å². The van der Waals surface area contributed by atoms with Gasteiger partial charge in [-0.05, 0) is 31.8 Å². The van der Waals surface area contributed by atoms with Gasteiger partial charge in [0.05, 0.1) is 5.75 Å². The van der Waals surface area contributed by atoms with Crippen LogP contribution in [0.2, 0.25) is 0 Å². The van der Waals surface area contributed by atoms with E-state index in [9.17, 15) is 13.2 Å². The van der Waals surface area contributed by atoms with Crippen LogP contribution in [0.4, 0.5) is 0 Å². The molecule has 1 N–H and O–H groups in total. The maximum absolute atomic E-state index is 11.3. The molecular formula is C11H21NO4S. The molecule has 0 bridgehead atoms. The van der Waals surface area contributed by atoms with Crippen molar-refractivity contribution in [2.45, 2.75) is 26.2 Å². The molecule has 1 rings (SSSR count). The zero-order chi connectivity index (χ0) is 12.9. The Morgan fingerprint density at radius 1 is 1.47 bits per heavy atom. The number of hydrogen-bond acceptors (Lipinski definition) is 4. The first-order valence-electron chi connectivity index (χ1n) is 6.07. The molecule has 0 saturated carbocycles. The van der Waals surface area contributed by atoms with Crippen molar-refractivity contribution in [3.8, 4) is 0 Å². The van der Waals surface area contributed by atoms with Gasteiger partial charge in [-0.25, -0.2) is 8.42 Å². The molecule has 0 aromatic heterocycles. The molecule has 0 spiro atoms. The third kappa shape index (κ3) is 5.50. The summed E-state index contributed by atoms with van der Waals surface area (Å²) in [5, 5.41) is 8.68. The van der Waals surface area contributed by atoms with E-state index in [1.54, 1.807) is 6.92 Å². The highest BCUT2D eigenvalue weighted by atomic mass is 32.2. The van der Waals surface area contributed by atoms with Crippen LogP contribution in [0.3, 0.4) is 0 Å². The number of likely N-dealkylation sites (tertiary alicyclic amines) is 1. The van der Waals surface area contributed by atoms with Crippen LogP contribution in [0.1, 0.15) is 26.2 Å². The Labute approximate surface area is 103 Å². The van der Waals surface area contributed by atoms with E-state index in [1.807, 2.05) is 0 Å². The van der Waals surface area contributed by atoms with Gasteiger partial charge >= 0.3 is 5.97 Å². The Kier molecular flexibility index (Phi) is 5.39. The summed E-state index contributed by atoms with van der Waals surface area (Å²) in [5.74, 6) is -0.0706. The SMILES string of the molecule is CCS(=O)(=O)CCCN1CCC(CC(=O)O)C1. The molecule has 17 heavy (non-hydrogen) atoms. The Morgan fingerprint density at radius 3 is 2.76 bits per heavy atom. The molecule has 0 amide bonds. The summed E-state index contributed by atoms with van der Waals surface area (Å²) in [6.45, 7) is 4.10. The second kappa shape index (κ2) is 6.35. The van der Waals surface area contributed by atoms with Gasteiger partial charge in [-0.15, -0.1) is 0 Å². The fourth-order valence-corrected chi connectivity index (χ4v) is 3.04. The van der Waals surface area contributed by atoms with Gasteiger partial charge in [0.1, 0.15) is 9.84 Å². The summed E-state index contributed by atoms with van der Waals surface area (Å²) in [6.07, 6.45) is 1.78. The predicted octanol–water partition coefficient (Wildman–Crippen LogP) is 0.608. The number of carboxylic acids is 1. The molecule has 1 heterocycles. The maximum Gasteiger partial charge on any atom is 0.303 e. The lowest BCUT2D eigenvalue weighted by molar-refractivity contribution is -0.138. The van der Waals surface area contributed by atoms with Crippen molar-refractivity contribution in [3.63, 3.8) is 0 Å². The second-order valence-corrected chi connectivity index (χ2v) is 7.12. The van der Waals surface area contributed by atoms with E-state index in [0.717, 1.165) is 26.1 Å². The average molecular weight is 263 g/mol. The molecule has 0 aromatic rings. The van der Waals surface area contributed by atoms with Crippen molar-refractivity contribution in [1.82, 2.24) is 4.90 Å².